The normalized spacial score (nSPS) is 16.4. The molecule has 0 radical (unpaired) electrons. The summed E-state index contributed by atoms with van der Waals surface area (Å²) in [5.41, 5.74) is 1.28. The fraction of sp³-hybridized carbons (Fsp3) is 0.562. The zero-order valence-corrected chi connectivity index (χ0v) is 13.3. The van der Waals surface area contributed by atoms with Gasteiger partial charge in [0.1, 0.15) is 0 Å². The molecule has 0 N–H and O–H groups in total. The Morgan fingerprint density at radius 1 is 1.15 bits per heavy atom. The van der Waals surface area contributed by atoms with Gasteiger partial charge >= 0.3 is 0 Å². The van der Waals surface area contributed by atoms with E-state index in [9.17, 15) is 4.79 Å². The maximum atomic E-state index is 12.1. The Balaban J connectivity index is 1.69. The fourth-order valence-corrected chi connectivity index (χ4v) is 3.20. The minimum Gasteiger partial charge on any atom is -0.340 e. The van der Waals surface area contributed by atoms with Crippen molar-refractivity contribution >= 4 is 17.7 Å². The van der Waals surface area contributed by atoms with Gasteiger partial charge in [0.25, 0.3) is 0 Å². The third-order valence-electron chi connectivity index (χ3n) is 3.78. The highest BCUT2D eigenvalue weighted by Gasteiger charge is 2.19. The van der Waals surface area contributed by atoms with Gasteiger partial charge in [-0.05, 0) is 25.6 Å². The highest BCUT2D eigenvalue weighted by molar-refractivity contribution is 7.99. The van der Waals surface area contributed by atoms with Crippen LogP contribution in [0.15, 0.2) is 29.2 Å². The van der Waals surface area contributed by atoms with Crippen LogP contribution in [0.3, 0.4) is 0 Å². The van der Waals surface area contributed by atoms with Crippen LogP contribution in [-0.2, 0) is 4.79 Å². The Morgan fingerprint density at radius 2 is 1.80 bits per heavy atom. The Hall–Kier alpha value is -1.00. The molecule has 0 unspecified atom stereocenters. The predicted molar refractivity (Wildman–Crippen MR) is 85.2 cm³/mol. The van der Waals surface area contributed by atoms with Crippen LogP contribution in [-0.4, -0.2) is 54.2 Å². The number of carbonyl (C=O) groups is 1. The van der Waals surface area contributed by atoms with Gasteiger partial charge in [0.2, 0.25) is 5.91 Å². The number of hydrogen-bond acceptors (Lipinski definition) is 3. The molecule has 0 bridgehead atoms. The summed E-state index contributed by atoms with van der Waals surface area (Å²) >= 11 is 1.77. The molecule has 1 aliphatic rings. The number of piperazine rings is 1. The van der Waals surface area contributed by atoms with Gasteiger partial charge in [-0.25, -0.2) is 0 Å². The lowest BCUT2D eigenvalue weighted by molar-refractivity contribution is -0.132. The molecule has 1 aromatic carbocycles. The standard InChI is InChI=1S/C16H24N2OS/c1-3-17-9-11-18(12-10-17)16(19)8-13-20-15-6-4-14(2)5-7-15/h4-7H,3,8-13H2,1-2H3. The van der Waals surface area contributed by atoms with Gasteiger partial charge in [-0.3, -0.25) is 4.79 Å². The third kappa shape index (κ3) is 4.53. The molecule has 2 rings (SSSR count). The summed E-state index contributed by atoms with van der Waals surface area (Å²) in [5.74, 6) is 1.18. The van der Waals surface area contributed by atoms with Crippen LogP contribution in [0.4, 0.5) is 0 Å². The average molecular weight is 292 g/mol. The van der Waals surface area contributed by atoms with E-state index >= 15 is 0 Å². The Bertz CT molecular complexity index is 425. The summed E-state index contributed by atoms with van der Waals surface area (Å²) < 4.78 is 0. The van der Waals surface area contributed by atoms with Crippen molar-refractivity contribution in [2.24, 2.45) is 0 Å². The zero-order valence-electron chi connectivity index (χ0n) is 12.5. The molecule has 0 spiro atoms. The number of nitrogens with zero attached hydrogens (tertiary/aromatic N) is 2. The van der Waals surface area contributed by atoms with E-state index in [0.29, 0.717) is 12.3 Å². The van der Waals surface area contributed by atoms with Crippen molar-refractivity contribution < 1.29 is 4.79 Å². The summed E-state index contributed by atoms with van der Waals surface area (Å²) in [4.78, 5) is 17.8. The minimum absolute atomic E-state index is 0.306. The average Bonchev–Trinajstić information content (AvgIpc) is 2.49. The maximum Gasteiger partial charge on any atom is 0.223 e. The molecule has 1 saturated heterocycles. The molecule has 0 saturated carbocycles. The van der Waals surface area contributed by atoms with E-state index in [1.807, 2.05) is 4.90 Å². The van der Waals surface area contributed by atoms with Gasteiger partial charge in [0.05, 0.1) is 0 Å². The van der Waals surface area contributed by atoms with Crippen LogP contribution >= 0.6 is 11.8 Å². The van der Waals surface area contributed by atoms with E-state index in [-0.39, 0.29) is 0 Å². The van der Waals surface area contributed by atoms with Gasteiger partial charge in [-0.15, -0.1) is 11.8 Å². The van der Waals surface area contributed by atoms with Gasteiger partial charge in [-0.2, -0.15) is 0 Å². The summed E-state index contributed by atoms with van der Waals surface area (Å²) in [6.07, 6.45) is 0.644. The van der Waals surface area contributed by atoms with Crippen molar-refractivity contribution in [3.63, 3.8) is 0 Å². The molecule has 0 aromatic heterocycles. The number of aryl methyl sites for hydroxylation is 1. The van der Waals surface area contributed by atoms with Crippen LogP contribution in [0, 0.1) is 6.92 Å². The second kappa shape index (κ2) is 7.70. The molecule has 20 heavy (non-hydrogen) atoms. The van der Waals surface area contributed by atoms with E-state index in [0.717, 1.165) is 38.5 Å². The number of benzene rings is 1. The molecule has 0 atom stereocenters. The molecule has 1 aromatic rings. The van der Waals surface area contributed by atoms with Crippen LogP contribution < -0.4 is 0 Å². The lowest BCUT2D eigenvalue weighted by Crippen LogP contribution is -2.48. The molecule has 1 amide bonds. The van der Waals surface area contributed by atoms with E-state index in [4.69, 9.17) is 0 Å². The first kappa shape index (κ1) is 15.4. The Morgan fingerprint density at radius 3 is 2.40 bits per heavy atom. The van der Waals surface area contributed by atoms with Crippen LogP contribution in [0.1, 0.15) is 18.9 Å². The molecule has 1 aliphatic heterocycles. The van der Waals surface area contributed by atoms with Crippen molar-refractivity contribution in [1.82, 2.24) is 9.80 Å². The van der Waals surface area contributed by atoms with Crippen molar-refractivity contribution in [1.29, 1.82) is 0 Å². The third-order valence-corrected chi connectivity index (χ3v) is 4.79. The van der Waals surface area contributed by atoms with Gasteiger partial charge in [-0.1, -0.05) is 24.6 Å². The van der Waals surface area contributed by atoms with Gasteiger partial charge in [0, 0.05) is 43.2 Å². The molecule has 3 nitrogen and oxygen atoms in total. The fourth-order valence-electron chi connectivity index (χ4n) is 2.36. The second-order valence-corrected chi connectivity index (χ2v) is 6.39. The number of thioether (sulfide) groups is 1. The van der Waals surface area contributed by atoms with Crippen molar-refractivity contribution in [2.45, 2.75) is 25.2 Å². The van der Waals surface area contributed by atoms with E-state index in [1.54, 1.807) is 11.8 Å². The first-order valence-electron chi connectivity index (χ1n) is 7.38. The molecule has 0 aliphatic carbocycles. The van der Waals surface area contributed by atoms with Crippen LogP contribution in [0.25, 0.3) is 0 Å². The SMILES string of the molecule is CCN1CCN(C(=O)CCSc2ccc(C)cc2)CC1. The number of carbonyl (C=O) groups excluding carboxylic acids is 1. The number of rotatable bonds is 5. The zero-order chi connectivity index (χ0) is 14.4. The lowest BCUT2D eigenvalue weighted by atomic mass is 10.2. The van der Waals surface area contributed by atoms with E-state index in [2.05, 4.69) is 43.0 Å². The monoisotopic (exact) mass is 292 g/mol. The minimum atomic E-state index is 0.306. The lowest BCUT2D eigenvalue weighted by Gasteiger charge is -2.34. The molecular formula is C16H24N2OS. The number of amides is 1. The number of likely N-dealkylation sites (N-methyl/N-ethyl adjacent to an activating group) is 1. The summed E-state index contributed by atoms with van der Waals surface area (Å²) in [7, 11) is 0. The second-order valence-electron chi connectivity index (χ2n) is 5.23. The van der Waals surface area contributed by atoms with Crippen LogP contribution in [0.2, 0.25) is 0 Å². The molecular weight excluding hydrogens is 268 g/mol. The Labute approximate surface area is 126 Å². The highest BCUT2D eigenvalue weighted by atomic mass is 32.2. The van der Waals surface area contributed by atoms with Crippen molar-refractivity contribution in [2.75, 3.05) is 38.5 Å². The first-order chi connectivity index (χ1) is 9.69. The number of hydrogen-bond donors (Lipinski definition) is 0. The first-order valence-corrected chi connectivity index (χ1v) is 8.37. The Kier molecular flexibility index (Phi) is 5.92. The quantitative estimate of drug-likeness (QED) is 0.780. The maximum absolute atomic E-state index is 12.1. The summed E-state index contributed by atoms with van der Waals surface area (Å²) in [6, 6.07) is 8.50. The molecule has 1 heterocycles. The van der Waals surface area contributed by atoms with Crippen molar-refractivity contribution in [3.8, 4) is 0 Å². The van der Waals surface area contributed by atoms with Gasteiger partial charge < -0.3 is 9.80 Å². The summed E-state index contributed by atoms with van der Waals surface area (Å²) in [5, 5.41) is 0. The van der Waals surface area contributed by atoms with Crippen LogP contribution in [0.5, 0.6) is 0 Å². The predicted octanol–water partition coefficient (Wildman–Crippen LogP) is 2.64. The van der Waals surface area contributed by atoms with Crippen molar-refractivity contribution in [3.05, 3.63) is 29.8 Å². The smallest absolute Gasteiger partial charge is 0.223 e. The topological polar surface area (TPSA) is 23.6 Å². The highest BCUT2D eigenvalue weighted by Crippen LogP contribution is 2.19. The van der Waals surface area contributed by atoms with E-state index in [1.165, 1.54) is 10.5 Å². The summed E-state index contributed by atoms with van der Waals surface area (Å²) in [6.45, 7) is 9.18. The molecule has 4 heteroatoms. The molecule has 110 valence electrons. The van der Waals surface area contributed by atoms with Gasteiger partial charge in [0.15, 0.2) is 0 Å². The largest absolute Gasteiger partial charge is 0.340 e. The molecule has 1 fully saturated rings. The van der Waals surface area contributed by atoms with E-state index < -0.39 is 0 Å².